The van der Waals surface area contributed by atoms with Crippen LogP contribution in [0.15, 0.2) is 36.4 Å². The van der Waals surface area contributed by atoms with Crippen molar-refractivity contribution in [2.45, 2.75) is 0 Å². The average molecular weight is 182 g/mol. The fourth-order valence-electron chi connectivity index (χ4n) is 2.07. The molecule has 2 nitrogen and oxygen atoms in total. The predicted octanol–water partition coefficient (Wildman–Crippen LogP) is 2.11. The zero-order valence-electron chi connectivity index (χ0n) is 7.62. The molecule has 0 spiro atoms. The number of hydrazine groups is 1. The molecule has 0 aliphatic heterocycles. The van der Waals surface area contributed by atoms with Gasteiger partial charge in [0.25, 0.3) is 0 Å². The van der Waals surface area contributed by atoms with Crippen LogP contribution in [0.1, 0.15) is 11.1 Å². The molecule has 0 radical (unpaired) electrons. The molecule has 0 unspecified atom stereocenters. The number of rotatable bonds is 1. The SMILES string of the molecule is NNC1=Cc2cccc3cccc1c23. The molecule has 2 heteroatoms. The summed E-state index contributed by atoms with van der Waals surface area (Å²) >= 11 is 0. The lowest BCUT2D eigenvalue weighted by molar-refractivity contribution is 1.00. The van der Waals surface area contributed by atoms with E-state index in [-0.39, 0.29) is 0 Å². The minimum Gasteiger partial charge on any atom is -0.323 e. The lowest BCUT2D eigenvalue weighted by Crippen LogP contribution is -2.18. The van der Waals surface area contributed by atoms with Crippen LogP contribution in [0.5, 0.6) is 0 Å². The summed E-state index contributed by atoms with van der Waals surface area (Å²) < 4.78 is 0. The highest BCUT2D eigenvalue weighted by atomic mass is 15.2. The van der Waals surface area contributed by atoms with Gasteiger partial charge in [0.1, 0.15) is 0 Å². The van der Waals surface area contributed by atoms with Crippen molar-refractivity contribution in [2.75, 3.05) is 0 Å². The zero-order valence-corrected chi connectivity index (χ0v) is 7.62. The van der Waals surface area contributed by atoms with E-state index in [2.05, 4.69) is 47.9 Å². The third kappa shape index (κ3) is 0.833. The van der Waals surface area contributed by atoms with Gasteiger partial charge in [-0.25, -0.2) is 0 Å². The van der Waals surface area contributed by atoms with Crippen LogP contribution in [0.4, 0.5) is 0 Å². The monoisotopic (exact) mass is 182 g/mol. The smallest absolute Gasteiger partial charge is 0.0570 e. The summed E-state index contributed by atoms with van der Waals surface area (Å²) in [5.41, 5.74) is 6.17. The van der Waals surface area contributed by atoms with E-state index in [1.165, 1.54) is 21.9 Å². The Morgan fingerprint density at radius 1 is 1.00 bits per heavy atom. The minimum absolute atomic E-state index is 0.997. The molecule has 1 aliphatic rings. The Hall–Kier alpha value is -1.80. The van der Waals surface area contributed by atoms with Crippen molar-refractivity contribution in [3.8, 4) is 0 Å². The van der Waals surface area contributed by atoms with E-state index < -0.39 is 0 Å². The second-order valence-corrected chi connectivity index (χ2v) is 3.45. The van der Waals surface area contributed by atoms with Crippen molar-refractivity contribution in [2.24, 2.45) is 5.84 Å². The van der Waals surface area contributed by atoms with Gasteiger partial charge < -0.3 is 5.43 Å². The van der Waals surface area contributed by atoms with Gasteiger partial charge in [-0.15, -0.1) is 0 Å². The van der Waals surface area contributed by atoms with E-state index in [1.54, 1.807) is 0 Å². The lowest BCUT2D eigenvalue weighted by atomic mass is 10.0. The molecule has 0 amide bonds. The summed E-state index contributed by atoms with van der Waals surface area (Å²) in [6, 6.07) is 12.6. The standard InChI is InChI=1S/C12H10N2/c13-14-11-7-9-5-1-3-8-4-2-6-10(11)12(8)9/h1-7,14H,13H2. The van der Waals surface area contributed by atoms with Crippen molar-refractivity contribution in [3.05, 3.63) is 47.5 Å². The average Bonchev–Trinajstić information content (AvgIpc) is 2.60. The van der Waals surface area contributed by atoms with Crippen LogP contribution in [-0.4, -0.2) is 0 Å². The second kappa shape index (κ2) is 2.59. The molecule has 0 saturated heterocycles. The van der Waals surface area contributed by atoms with Gasteiger partial charge in [0.15, 0.2) is 0 Å². The maximum Gasteiger partial charge on any atom is 0.0570 e. The molecule has 68 valence electrons. The summed E-state index contributed by atoms with van der Waals surface area (Å²) in [5.74, 6) is 5.47. The van der Waals surface area contributed by atoms with E-state index >= 15 is 0 Å². The molecular weight excluding hydrogens is 172 g/mol. The highest BCUT2D eigenvalue weighted by Crippen LogP contribution is 2.34. The molecule has 0 bridgehead atoms. The van der Waals surface area contributed by atoms with Crippen LogP contribution in [-0.2, 0) is 0 Å². The van der Waals surface area contributed by atoms with E-state index in [1.807, 2.05) is 0 Å². The van der Waals surface area contributed by atoms with Crippen LogP contribution in [0.3, 0.4) is 0 Å². The normalized spacial score (nSPS) is 13.1. The molecule has 2 aromatic rings. The van der Waals surface area contributed by atoms with Gasteiger partial charge >= 0.3 is 0 Å². The molecule has 0 aromatic heterocycles. The first kappa shape index (κ1) is 7.59. The molecule has 0 saturated carbocycles. The Labute approximate surface area is 82.0 Å². The van der Waals surface area contributed by atoms with Crippen LogP contribution in [0, 0.1) is 0 Å². The number of hydrogen-bond acceptors (Lipinski definition) is 2. The zero-order chi connectivity index (χ0) is 9.54. The number of nitrogens with one attached hydrogen (secondary N) is 1. The van der Waals surface area contributed by atoms with Crippen LogP contribution >= 0.6 is 0 Å². The second-order valence-electron chi connectivity index (χ2n) is 3.45. The fourth-order valence-corrected chi connectivity index (χ4v) is 2.07. The Kier molecular flexibility index (Phi) is 1.41. The summed E-state index contributed by atoms with van der Waals surface area (Å²) in [7, 11) is 0. The van der Waals surface area contributed by atoms with Gasteiger partial charge in [-0.1, -0.05) is 36.4 Å². The summed E-state index contributed by atoms with van der Waals surface area (Å²) in [5, 5.41) is 2.56. The molecule has 1 aliphatic carbocycles. The first-order valence-corrected chi connectivity index (χ1v) is 4.60. The van der Waals surface area contributed by atoms with Gasteiger partial charge in [0, 0.05) is 5.56 Å². The maximum atomic E-state index is 5.47. The quantitative estimate of drug-likeness (QED) is 0.523. The third-order valence-corrected chi connectivity index (χ3v) is 2.68. The minimum atomic E-state index is 0.997. The molecule has 2 aromatic carbocycles. The molecular formula is C12H10N2. The van der Waals surface area contributed by atoms with Crippen molar-refractivity contribution in [1.82, 2.24) is 5.43 Å². The van der Waals surface area contributed by atoms with Gasteiger partial charge in [0.2, 0.25) is 0 Å². The number of hydrogen-bond donors (Lipinski definition) is 2. The highest BCUT2D eigenvalue weighted by molar-refractivity contribution is 6.08. The van der Waals surface area contributed by atoms with Crippen LogP contribution in [0.2, 0.25) is 0 Å². The fraction of sp³-hybridized carbons (Fsp3) is 0. The van der Waals surface area contributed by atoms with Crippen molar-refractivity contribution in [3.63, 3.8) is 0 Å². The largest absolute Gasteiger partial charge is 0.323 e. The lowest BCUT2D eigenvalue weighted by Gasteiger charge is -2.03. The van der Waals surface area contributed by atoms with Crippen molar-refractivity contribution >= 4 is 22.5 Å². The molecule has 0 fully saturated rings. The Balaban J connectivity index is 2.46. The number of nitrogens with two attached hydrogens (primary N) is 1. The Morgan fingerprint density at radius 3 is 2.57 bits per heavy atom. The summed E-state index contributed by atoms with van der Waals surface area (Å²) in [6.07, 6.45) is 2.08. The van der Waals surface area contributed by atoms with E-state index in [0.717, 1.165) is 5.70 Å². The van der Waals surface area contributed by atoms with Crippen molar-refractivity contribution < 1.29 is 0 Å². The topological polar surface area (TPSA) is 38.0 Å². The van der Waals surface area contributed by atoms with Crippen molar-refractivity contribution in [1.29, 1.82) is 0 Å². The molecule has 0 heterocycles. The molecule has 3 rings (SSSR count). The summed E-state index contributed by atoms with van der Waals surface area (Å²) in [4.78, 5) is 0. The molecule has 3 N–H and O–H groups in total. The maximum absolute atomic E-state index is 5.47. The van der Waals surface area contributed by atoms with Gasteiger partial charge in [-0.2, -0.15) is 0 Å². The molecule has 0 atom stereocenters. The van der Waals surface area contributed by atoms with Crippen LogP contribution < -0.4 is 11.3 Å². The Morgan fingerprint density at radius 2 is 1.79 bits per heavy atom. The first-order chi connectivity index (χ1) is 6.90. The van der Waals surface area contributed by atoms with E-state index in [0.29, 0.717) is 0 Å². The van der Waals surface area contributed by atoms with E-state index in [9.17, 15) is 0 Å². The molecule has 14 heavy (non-hydrogen) atoms. The van der Waals surface area contributed by atoms with Gasteiger partial charge in [-0.3, -0.25) is 5.84 Å². The van der Waals surface area contributed by atoms with Crippen LogP contribution in [0.25, 0.3) is 22.5 Å². The number of benzene rings is 2. The first-order valence-electron chi connectivity index (χ1n) is 4.60. The summed E-state index contributed by atoms with van der Waals surface area (Å²) in [6.45, 7) is 0. The van der Waals surface area contributed by atoms with E-state index in [4.69, 9.17) is 5.84 Å². The highest BCUT2D eigenvalue weighted by Gasteiger charge is 2.14. The predicted molar refractivity (Wildman–Crippen MR) is 59.1 cm³/mol. The van der Waals surface area contributed by atoms with Gasteiger partial charge in [-0.05, 0) is 22.4 Å². The Bertz CT molecular complexity index is 536. The third-order valence-electron chi connectivity index (χ3n) is 2.68. The van der Waals surface area contributed by atoms with Gasteiger partial charge in [0.05, 0.1) is 5.70 Å².